The van der Waals surface area contributed by atoms with E-state index in [-0.39, 0.29) is 45.1 Å². The van der Waals surface area contributed by atoms with E-state index in [9.17, 15) is 25.1 Å². The summed E-state index contributed by atoms with van der Waals surface area (Å²) in [5.41, 5.74) is 8.10. The van der Waals surface area contributed by atoms with Gasteiger partial charge >= 0.3 is 6.09 Å². The molecule has 0 aliphatic carbocycles. The predicted octanol–water partition coefficient (Wildman–Crippen LogP) is 7.53. The number of nitrogens with zero attached hydrogens (tertiary/aromatic N) is 5. The van der Waals surface area contributed by atoms with Gasteiger partial charge in [-0.3, -0.25) is 14.2 Å². The van der Waals surface area contributed by atoms with Gasteiger partial charge in [0.15, 0.2) is 0 Å². The fourth-order valence-electron chi connectivity index (χ4n) is 6.86. The van der Waals surface area contributed by atoms with Crippen LogP contribution in [0.15, 0.2) is 96.3 Å². The van der Waals surface area contributed by atoms with Crippen molar-refractivity contribution >= 4 is 23.3 Å². The Kier molecular flexibility index (Phi) is 14.4. The number of nitriles is 1. The van der Waals surface area contributed by atoms with Gasteiger partial charge in [0.05, 0.1) is 29.4 Å². The molecule has 0 saturated carbocycles. The van der Waals surface area contributed by atoms with Crippen molar-refractivity contribution in [1.29, 1.82) is 5.26 Å². The Balaban J connectivity index is 1.23. The summed E-state index contributed by atoms with van der Waals surface area (Å²) >= 11 is 6.76. The first-order chi connectivity index (χ1) is 29.3. The Labute approximate surface area is 359 Å². The van der Waals surface area contributed by atoms with E-state index in [1.807, 2.05) is 50.2 Å². The van der Waals surface area contributed by atoms with Gasteiger partial charge in [-0.1, -0.05) is 48.0 Å². The van der Waals surface area contributed by atoms with Gasteiger partial charge in [-0.2, -0.15) is 5.26 Å². The van der Waals surface area contributed by atoms with E-state index in [4.69, 9.17) is 25.8 Å². The minimum absolute atomic E-state index is 0.0199. The highest BCUT2D eigenvalue weighted by Crippen LogP contribution is 2.36. The van der Waals surface area contributed by atoms with E-state index >= 15 is 0 Å². The van der Waals surface area contributed by atoms with E-state index in [2.05, 4.69) is 21.4 Å². The van der Waals surface area contributed by atoms with Crippen LogP contribution >= 0.6 is 11.6 Å². The second-order valence-corrected chi connectivity index (χ2v) is 15.9. The van der Waals surface area contributed by atoms with Crippen LogP contribution in [0.3, 0.4) is 0 Å². The summed E-state index contributed by atoms with van der Waals surface area (Å²) in [7, 11) is 0. The van der Waals surface area contributed by atoms with Gasteiger partial charge in [0.25, 0.3) is 5.56 Å². The molecule has 6 aromatic rings. The van der Waals surface area contributed by atoms with Gasteiger partial charge in [-0.15, -0.1) is 0 Å². The largest absolute Gasteiger partial charge is 0.488 e. The summed E-state index contributed by atoms with van der Waals surface area (Å²) < 4.78 is 19.5. The van der Waals surface area contributed by atoms with Gasteiger partial charge in [0.2, 0.25) is 0 Å². The molecule has 3 aromatic heterocycles. The first kappa shape index (κ1) is 44.3. The van der Waals surface area contributed by atoms with E-state index < -0.39 is 11.7 Å². The van der Waals surface area contributed by atoms with Crippen molar-refractivity contribution < 1.29 is 29.2 Å². The average Bonchev–Trinajstić information content (AvgIpc) is 3.23. The third-order valence-corrected chi connectivity index (χ3v) is 10.2. The Morgan fingerprint density at radius 3 is 2.31 bits per heavy atom. The van der Waals surface area contributed by atoms with Crippen LogP contribution in [0.25, 0.3) is 27.9 Å². The number of ether oxygens (including phenoxy) is 3. The van der Waals surface area contributed by atoms with Crippen molar-refractivity contribution in [2.75, 3.05) is 26.3 Å². The van der Waals surface area contributed by atoms with Crippen LogP contribution in [0.1, 0.15) is 59.7 Å². The molecule has 0 spiro atoms. The average molecular weight is 845 g/mol. The lowest BCUT2D eigenvalue weighted by Crippen LogP contribution is -2.38. The molecule has 316 valence electrons. The Hall–Kier alpha value is -6.30. The van der Waals surface area contributed by atoms with Gasteiger partial charge in [-0.25, -0.2) is 9.78 Å². The number of amides is 1. The van der Waals surface area contributed by atoms with Gasteiger partial charge in [0.1, 0.15) is 42.0 Å². The number of hydrogen-bond acceptors (Lipinski definition) is 11. The highest BCUT2D eigenvalue weighted by Gasteiger charge is 2.23. The first-order valence-corrected chi connectivity index (χ1v) is 20.2. The maximum Gasteiger partial charge on any atom is 0.410 e. The van der Waals surface area contributed by atoms with E-state index in [0.29, 0.717) is 46.4 Å². The lowest BCUT2D eigenvalue weighted by atomic mass is 9.90. The summed E-state index contributed by atoms with van der Waals surface area (Å²) in [6, 6.07) is 22.7. The second kappa shape index (κ2) is 19.8. The van der Waals surface area contributed by atoms with Crippen molar-refractivity contribution in [3.63, 3.8) is 0 Å². The number of aromatic nitrogens is 3. The fourth-order valence-corrected chi connectivity index (χ4v) is 7.10. The predicted molar refractivity (Wildman–Crippen MR) is 233 cm³/mol. The number of rotatable bonds is 16. The Morgan fingerprint density at radius 2 is 1.59 bits per heavy atom. The van der Waals surface area contributed by atoms with Crippen molar-refractivity contribution in [1.82, 2.24) is 24.6 Å². The fraction of sp³-hybridized carbons (Fsp3) is 0.298. The minimum Gasteiger partial charge on any atom is -0.488 e. The summed E-state index contributed by atoms with van der Waals surface area (Å²) in [6.45, 7) is 10.6. The Bertz CT molecular complexity index is 2640. The van der Waals surface area contributed by atoms with Crippen molar-refractivity contribution in [2.24, 2.45) is 0 Å². The number of nitrogens with one attached hydrogen (secondary N) is 1. The highest BCUT2D eigenvalue weighted by molar-refractivity contribution is 6.32. The zero-order valence-electron chi connectivity index (χ0n) is 34.9. The standard InChI is InChI=1S/C47H49ClN6O7/c1-30-35(29-60-43-21-42(36(20-41(43)48)25-50-13-16-55)59-28-34-18-33(22-49)23-51-24-34)8-6-9-37(30)38-10-7-11-39(31(38)2)40-26-52-44-19-32(12-14-54(44)45(40)57)27-53(15-17-56)46(58)61-47(3,4)5/h6-12,14,18-21,23-24,26,50,55-56H,13,15-17,25,27-29H2,1-5H3. The molecule has 61 heavy (non-hydrogen) atoms. The third-order valence-electron chi connectivity index (χ3n) is 9.95. The molecule has 14 heteroatoms. The van der Waals surface area contributed by atoms with Crippen molar-refractivity contribution in [3.8, 4) is 39.8 Å². The van der Waals surface area contributed by atoms with Crippen LogP contribution in [0, 0.1) is 25.2 Å². The number of hydrogen-bond donors (Lipinski definition) is 3. The van der Waals surface area contributed by atoms with Crippen LogP contribution in [0.5, 0.6) is 11.5 Å². The van der Waals surface area contributed by atoms with Crippen LogP contribution in [-0.2, 0) is 31.0 Å². The zero-order chi connectivity index (χ0) is 43.7. The molecule has 3 N–H and O–H groups in total. The second-order valence-electron chi connectivity index (χ2n) is 15.5. The van der Waals surface area contributed by atoms with Gasteiger partial charge in [0, 0.05) is 68.2 Å². The maximum atomic E-state index is 14.0. The molecular formula is C47H49ClN6O7. The summed E-state index contributed by atoms with van der Waals surface area (Å²) in [6.07, 6.45) is 5.83. The molecule has 6 rings (SSSR count). The SMILES string of the molecule is Cc1c(COc2cc(OCc3cncc(C#N)c3)c(CNCCO)cc2Cl)cccc1-c1cccc(-c2cnc3cc(CN(CCO)C(=O)OC(C)(C)C)ccn3c2=O)c1C. The van der Waals surface area contributed by atoms with E-state index in [1.165, 1.54) is 15.5 Å². The molecule has 0 radical (unpaired) electrons. The third kappa shape index (κ3) is 10.9. The smallest absolute Gasteiger partial charge is 0.410 e. The molecule has 0 atom stereocenters. The number of halogens is 1. The Morgan fingerprint density at radius 1 is 0.869 bits per heavy atom. The van der Waals surface area contributed by atoms with Gasteiger partial charge in [-0.05, 0) is 97.8 Å². The molecule has 3 aromatic carbocycles. The number of fused-ring (bicyclic) bond motifs is 1. The minimum atomic E-state index is -0.691. The molecule has 0 saturated heterocycles. The number of pyridine rings is 2. The maximum absolute atomic E-state index is 14.0. The van der Waals surface area contributed by atoms with Crippen LogP contribution < -0.4 is 20.3 Å². The first-order valence-electron chi connectivity index (χ1n) is 19.8. The molecular weight excluding hydrogens is 796 g/mol. The van der Waals surface area contributed by atoms with Gasteiger partial charge < -0.3 is 34.6 Å². The van der Waals surface area contributed by atoms with Crippen molar-refractivity contribution in [2.45, 2.75) is 66.5 Å². The molecule has 0 fully saturated rings. The number of aliphatic hydroxyl groups excluding tert-OH is 2. The molecule has 0 bridgehead atoms. The van der Waals surface area contributed by atoms with E-state index in [0.717, 1.165) is 50.1 Å². The number of carbonyl (C=O) groups excluding carboxylic acids is 1. The van der Waals surface area contributed by atoms with E-state index in [1.54, 1.807) is 69.7 Å². The molecule has 0 aliphatic heterocycles. The molecule has 1 amide bonds. The summed E-state index contributed by atoms with van der Waals surface area (Å²) in [5, 5.41) is 31.7. The summed E-state index contributed by atoms with van der Waals surface area (Å²) in [4.78, 5) is 37.0. The molecule has 13 nitrogen and oxygen atoms in total. The zero-order valence-corrected chi connectivity index (χ0v) is 35.6. The van der Waals surface area contributed by atoms with Crippen LogP contribution in [-0.4, -0.2) is 67.5 Å². The number of aliphatic hydroxyl groups is 2. The lowest BCUT2D eigenvalue weighted by molar-refractivity contribution is 0.0201. The number of benzene rings is 3. The molecule has 0 aliphatic rings. The molecule has 0 unspecified atom stereocenters. The quantitative estimate of drug-likeness (QED) is 0.0823. The lowest BCUT2D eigenvalue weighted by Gasteiger charge is -2.27. The highest BCUT2D eigenvalue weighted by atomic mass is 35.5. The van der Waals surface area contributed by atoms with Crippen LogP contribution in [0.4, 0.5) is 4.79 Å². The van der Waals surface area contributed by atoms with Crippen molar-refractivity contribution in [3.05, 3.63) is 146 Å². The topological polar surface area (TPSA) is 172 Å². The monoisotopic (exact) mass is 844 g/mol. The normalized spacial score (nSPS) is 11.3. The van der Waals surface area contributed by atoms with Crippen LogP contribution in [0.2, 0.25) is 5.02 Å². The number of carbonyl (C=O) groups is 1. The molecule has 3 heterocycles. The summed E-state index contributed by atoms with van der Waals surface area (Å²) in [5.74, 6) is 0.962.